The molecule has 33 heavy (non-hydrogen) atoms. The Kier molecular flexibility index (Phi) is 6.14. The van der Waals surface area contributed by atoms with Gasteiger partial charge in [0.25, 0.3) is 5.91 Å². The third-order valence-corrected chi connectivity index (χ3v) is 6.51. The fraction of sp³-hybridized carbons (Fsp3) is 0.250. The zero-order valence-corrected chi connectivity index (χ0v) is 18.9. The van der Waals surface area contributed by atoms with Gasteiger partial charge in [0.1, 0.15) is 11.6 Å². The average Bonchev–Trinajstić information content (AvgIpc) is 3.62. The zero-order chi connectivity index (χ0) is 22.6. The Hall–Kier alpha value is -3.56. The van der Waals surface area contributed by atoms with Crippen molar-refractivity contribution in [3.63, 3.8) is 0 Å². The lowest BCUT2D eigenvalue weighted by Gasteiger charge is -2.20. The molecule has 9 heteroatoms. The molecule has 0 unspecified atom stereocenters. The highest BCUT2D eigenvalue weighted by Gasteiger charge is 2.31. The van der Waals surface area contributed by atoms with E-state index in [0.717, 1.165) is 31.5 Å². The van der Waals surface area contributed by atoms with Gasteiger partial charge in [-0.25, -0.2) is 4.98 Å². The van der Waals surface area contributed by atoms with E-state index in [4.69, 9.17) is 9.26 Å². The molecule has 1 saturated heterocycles. The second-order valence-electron chi connectivity index (χ2n) is 7.78. The molecule has 4 heterocycles. The highest BCUT2D eigenvalue weighted by Crippen LogP contribution is 2.33. The Bertz CT molecular complexity index is 1210. The number of anilines is 1. The molecule has 0 spiro atoms. The molecule has 1 fully saturated rings. The summed E-state index contributed by atoms with van der Waals surface area (Å²) < 4.78 is 10.7. The number of carbonyl (C=O) groups excluding carboxylic acids is 1. The number of nitrogens with zero attached hydrogens (tertiary/aromatic N) is 4. The van der Waals surface area contributed by atoms with Crippen molar-refractivity contribution in [1.29, 1.82) is 0 Å². The zero-order valence-electron chi connectivity index (χ0n) is 18.1. The van der Waals surface area contributed by atoms with Crippen molar-refractivity contribution >= 4 is 23.1 Å². The molecule has 168 valence electrons. The lowest BCUT2D eigenvalue weighted by molar-refractivity contribution is 0.102. The molecule has 8 nitrogen and oxygen atoms in total. The summed E-state index contributed by atoms with van der Waals surface area (Å²) in [7, 11) is 1.59. The normalized spacial score (nSPS) is 16.1. The van der Waals surface area contributed by atoms with Crippen LogP contribution >= 0.6 is 11.3 Å². The van der Waals surface area contributed by atoms with E-state index in [2.05, 4.69) is 42.9 Å². The fourth-order valence-electron chi connectivity index (χ4n) is 3.92. The van der Waals surface area contributed by atoms with Crippen LogP contribution in [0.15, 0.2) is 64.6 Å². The summed E-state index contributed by atoms with van der Waals surface area (Å²) in [4.78, 5) is 25.1. The maximum Gasteiger partial charge on any atom is 0.256 e. The molecule has 0 aliphatic carbocycles. The molecule has 0 radical (unpaired) electrons. The first-order chi connectivity index (χ1) is 16.2. The Labute approximate surface area is 195 Å². The van der Waals surface area contributed by atoms with Crippen LogP contribution in [0, 0.1) is 0 Å². The molecule has 3 aromatic heterocycles. The molecular weight excluding hydrogens is 438 g/mol. The number of ether oxygens (including phenoxy) is 1. The van der Waals surface area contributed by atoms with Crippen molar-refractivity contribution in [1.82, 2.24) is 20.0 Å². The minimum absolute atomic E-state index is 0.129. The fourth-order valence-corrected chi connectivity index (χ4v) is 4.65. The second kappa shape index (κ2) is 9.51. The molecule has 0 saturated carbocycles. The molecule has 1 aromatic carbocycles. The van der Waals surface area contributed by atoms with E-state index in [1.165, 1.54) is 4.88 Å². The van der Waals surface area contributed by atoms with Crippen LogP contribution in [0.2, 0.25) is 0 Å². The summed E-state index contributed by atoms with van der Waals surface area (Å²) in [5.74, 6) is 2.03. The predicted molar refractivity (Wildman–Crippen MR) is 125 cm³/mol. The number of likely N-dealkylation sites (tertiary alicyclic amines) is 1. The average molecular weight is 462 g/mol. The molecule has 1 N–H and O–H groups in total. The van der Waals surface area contributed by atoms with E-state index in [-0.39, 0.29) is 11.9 Å². The van der Waals surface area contributed by atoms with Gasteiger partial charge in [-0.2, -0.15) is 4.98 Å². The first-order valence-corrected chi connectivity index (χ1v) is 11.6. The standard InChI is InChI=1S/C24H23N5O3S/c1-31-18-9-6-16(7-10-18)23(30)26-21-11-8-17(14-25-21)22-27-24(32-28-22)20-5-2-12-29(20)15-19-4-3-13-33-19/h3-4,6-11,13-14,20H,2,5,12,15H2,1H3,(H,25,26,30)/t20-/m0/s1. The van der Waals surface area contributed by atoms with Gasteiger partial charge in [-0.3, -0.25) is 9.69 Å². The smallest absolute Gasteiger partial charge is 0.256 e. The van der Waals surface area contributed by atoms with Crippen LogP contribution in [0.5, 0.6) is 5.75 Å². The molecule has 4 aromatic rings. The Morgan fingerprint density at radius 2 is 2.12 bits per heavy atom. The molecular formula is C24H23N5O3S. The molecule has 5 rings (SSSR count). The molecule has 0 bridgehead atoms. The lowest BCUT2D eigenvalue weighted by Crippen LogP contribution is -2.22. The first kappa shape index (κ1) is 21.3. The molecule has 1 aliphatic rings. The summed E-state index contributed by atoms with van der Waals surface area (Å²) in [5, 5.41) is 9.06. The van der Waals surface area contributed by atoms with Crippen LogP contribution in [-0.4, -0.2) is 39.6 Å². The van der Waals surface area contributed by atoms with Gasteiger partial charge in [0, 0.05) is 28.7 Å². The minimum atomic E-state index is -0.244. The summed E-state index contributed by atoms with van der Waals surface area (Å²) in [6.45, 7) is 1.91. The number of carbonyl (C=O) groups is 1. The number of hydrogen-bond donors (Lipinski definition) is 1. The van der Waals surface area contributed by atoms with Crippen molar-refractivity contribution in [2.75, 3.05) is 19.0 Å². The molecule has 1 atom stereocenters. The van der Waals surface area contributed by atoms with E-state index in [1.54, 1.807) is 55.0 Å². The van der Waals surface area contributed by atoms with Crippen LogP contribution in [0.3, 0.4) is 0 Å². The van der Waals surface area contributed by atoms with Gasteiger partial charge in [-0.05, 0) is 67.2 Å². The number of hydrogen-bond acceptors (Lipinski definition) is 8. The summed E-state index contributed by atoms with van der Waals surface area (Å²) in [5.41, 5.74) is 1.25. The Balaban J connectivity index is 1.24. The molecule has 1 amide bonds. The van der Waals surface area contributed by atoms with Crippen LogP contribution in [0.25, 0.3) is 11.4 Å². The Morgan fingerprint density at radius 1 is 1.24 bits per heavy atom. The van der Waals surface area contributed by atoms with Gasteiger partial charge < -0.3 is 14.6 Å². The summed E-state index contributed by atoms with van der Waals surface area (Å²) in [6.07, 6.45) is 3.75. The van der Waals surface area contributed by atoms with Crippen molar-refractivity contribution in [2.45, 2.75) is 25.4 Å². The highest BCUT2D eigenvalue weighted by molar-refractivity contribution is 7.09. The second-order valence-corrected chi connectivity index (χ2v) is 8.81. The maximum atomic E-state index is 12.4. The predicted octanol–water partition coefficient (Wildman–Crippen LogP) is 4.79. The van der Waals surface area contributed by atoms with Gasteiger partial charge in [0.2, 0.25) is 11.7 Å². The van der Waals surface area contributed by atoms with E-state index < -0.39 is 0 Å². The van der Waals surface area contributed by atoms with Gasteiger partial charge in [0.05, 0.1) is 13.2 Å². The van der Waals surface area contributed by atoms with E-state index in [1.807, 2.05) is 6.07 Å². The van der Waals surface area contributed by atoms with Crippen molar-refractivity contribution < 1.29 is 14.1 Å². The highest BCUT2D eigenvalue weighted by atomic mass is 32.1. The number of amides is 1. The number of methoxy groups -OCH3 is 1. The SMILES string of the molecule is COc1ccc(C(=O)Nc2ccc(-c3noc([C@@H]4CCCN4Cc4cccs4)n3)cn2)cc1. The third kappa shape index (κ3) is 4.79. The van der Waals surface area contributed by atoms with Gasteiger partial charge >= 0.3 is 0 Å². The van der Waals surface area contributed by atoms with E-state index in [9.17, 15) is 4.79 Å². The lowest BCUT2D eigenvalue weighted by atomic mass is 10.2. The van der Waals surface area contributed by atoms with E-state index >= 15 is 0 Å². The largest absolute Gasteiger partial charge is 0.497 e. The quantitative estimate of drug-likeness (QED) is 0.423. The Morgan fingerprint density at radius 3 is 2.85 bits per heavy atom. The topological polar surface area (TPSA) is 93.4 Å². The van der Waals surface area contributed by atoms with E-state index in [0.29, 0.717) is 28.8 Å². The number of aromatic nitrogens is 3. The van der Waals surface area contributed by atoms with Gasteiger partial charge in [-0.1, -0.05) is 11.2 Å². The molecule has 1 aliphatic heterocycles. The number of rotatable bonds is 7. The summed E-state index contributed by atoms with van der Waals surface area (Å²) in [6, 6.07) is 14.8. The number of thiophene rings is 1. The monoisotopic (exact) mass is 461 g/mol. The van der Waals surface area contributed by atoms with Crippen LogP contribution in [0.4, 0.5) is 5.82 Å². The van der Waals surface area contributed by atoms with Crippen molar-refractivity contribution in [3.05, 3.63) is 76.4 Å². The van der Waals surface area contributed by atoms with Gasteiger partial charge in [0.15, 0.2) is 0 Å². The van der Waals surface area contributed by atoms with Crippen LogP contribution in [0.1, 0.15) is 40.0 Å². The van der Waals surface area contributed by atoms with Crippen LogP contribution < -0.4 is 10.1 Å². The summed E-state index contributed by atoms with van der Waals surface area (Å²) >= 11 is 1.76. The minimum Gasteiger partial charge on any atom is -0.497 e. The number of benzene rings is 1. The van der Waals surface area contributed by atoms with Crippen molar-refractivity contribution in [3.8, 4) is 17.1 Å². The van der Waals surface area contributed by atoms with Gasteiger partial charge in [-0.15, -0.1) is 11.3 Å². The third-order valence-electron chi connectivity index (χ3n) is 5.64. The number of pyridine rings is 1. The van der Waals surface area contributed by atoms with Crippen LogP contribution in [-0.2, 0) is 6.54 Å². The van der Waals surface area contributed by atoms with Crippen molar-refractivity contribution in [2.24, 2.45) is 0 Å². The maximum absolute atomic E-state index is 12.4. The number of nitrogens with one attached hydrogen (secondary N) is 1. The first-order valence-electron chi connectivity index (χ1n) is 10.7.